The number of hydrogen-bond acceptors (Lipinski definition) is 3. The Morgan fingerprint density at radius 2 is 1.96 bits per heavy atom. The van der Waals surface area contributed by atoms with Crippen molar-refractivity contribution in [1.82, 2.24) is 0 Å². The number of nitrogens with two attached hydrogens (primary N) is 1. The predicted molar refractivity (Wildman–Crippen MR) is 96.0 cm³/mol. The van der Waals surface area contributed by atoms with Crippen molar-refractivity contribution in [3.63, 3.8) is 0 Å². The van der Waals surface area contributed by atoms with Crippen LogP contribution in [0.15, 0.2) is 0 Å². The molecule has 1 heterocycles. The molecule has 23 heavy (non-hydrogen) atoms. The largest absolute Gasteiger partial charge is 0.365 e. The third-order valence-electron chi connectivity index (χ3n) is 4.67. The molecule has 1 atom stereocenters. The van der Waals surface area contributed by atoms with Gasteiger partial charge in [-0.2, -0.15) is 0 Å². The molecule has 1 aliphatic carbocycles. The Kier molecular flexibility index (Phi) is 6.63. The molecule has 0 aromatic carbocycles. The summed E-state index contributed by atoms with van der Waals surface area (Å²) in [4.78, 5) is 25.7. The van der Waals surface area contributed by atoms with Crippen molar-refractivity contribution in [3.8, 4) is 0 Å². The average Bonchev–Trinajstić information content (AvgIpc) is 2.69. The number of amides is 2. The molecular formula is C18H28N2O2S. The standard InChI is InChI=1S/C18H28N2O2S/c1-3-5-9-12(4-2)17(22)20-18-15(16(19)21)13-10-7-6-8-11-14(13)23-18/h12H,3-11H2,1-2H3,(H2,19,21)(H,20,22). The molecule has 1 unspecified atom stereocenters. The van der Waals surface area contributed by atoms with E-state index in [0.717, 1.165) is 56.9 Å². The number of hydrogen-bond donors (Lipinski definition) is 2. The van der Waals surface area contributed by atoms with Crippen LogP contribution >= 0.6 is 11.3 Å². The van der Waals surface area contributed by atoms with Crippen LogP contribution in [0, 0.1) is 5.92 Å². The second-order valence-electron chi connectivity index (χ2n) is 6.37. The summed E-state index contributed by atoms with van der Waals surface area (Å²) in [5.74, 6) is -0.376. The van der Waals surface area contributed by atoms with Gasteiger partial charge in [0, 0.05) is 10.8 Å². The van der Waals surface area contributed by atoms with E-state index in [-0.39, 0.29) is 11.8 Å². The van der Waals surface area contributed by atoms with Crippen LogP contribution < -0.4 is 11.1 Å². The predicted octanol–water partition coefficient (Wildman–Crippen LogP) is 4.27. The number of thiophene rings is 1. The maximum absolute atomic E-state index is 12.5. The molecule has 1 aliphatic rings. The topological polar surface area (TPSA) is 72.2 Å². The van der Waals surface area contributed by atoms with E-state index in [4.69, 9.17) is 5.73 Å². The fraction of sp³-hybridized carbons (Fsp3) is 0.667. The number of primary amides is 1. The summed E-state index contributed by atoms with van der Waals surface area (Å²) >= 11 is 1.55. The molecule has 1 aromatic heterocycles. The van der Waals surface area contributed by atoms with E-state index >= 15 is 0 Å². The van der Waals surface area contributed by atoms with Gasteiger partial charge in [0.25, 0.3) is 5.91 Å². The van der Waals surface area contributed by atoms with E-state index in [1.165, 1.54) is 11.3 Å². The Morgan fingerprint density at radius 1 is 1.22 bits per heavy atom. The molecule has 0 bridgehead atoms. The van der Waals surface area contributed by atoms with Crippen LogP contribution in [0.25, 0.3) is 0 Å². The van der Waals surface area contributed by atoms with Gasteiger partial charge in [-0.15, -0.1) is 11.3 Å². The van der Waals surface area contributed by atoms with Gasteiger partial charge < -0.3 is 11.1 Å². The quantitative estimate of drug-likeness (QED) is 0.730. The first-order chi connectivity index (χ1) is 11.1. The van der Waals surface area contributed by atoms with Gasteiger partial charge in [-0.05, 0) is 44.1 Å². The third kappa shape index (κ3) is 4.34. The van der Waals surface area contributed by atoms with Gasteiger partial charge in [0.1, 0.15) is 5.00 Å². The second kappa shape index (κ2) is 8.48. The fourth-order valence-electron chi connectivity index (χ4n) is 3.28. The summed E-state index contributed by atoms with van der Waals surface area (Å²) in [5.41, 5.74) is 7.26. The van der Waals surface area contributed by atoms with Crippen LogP contribution in [0.5, 0.6) is 0 Å². The van der Waals surface area contributed by atoms with Crippen LogP contribution in [0.2, 0.25) is 0 Å². The third-order valence-corrected chi connectivity index (χ3v) is 5.88. The van der Waals surface area contributed by atoms with E-state index in [9.17, 15) is 9.59 Å². The number of carbonyl (C=O) groups is 2. The van der Waals surface area contributed by atoms with Gasteiger partial charge in [-0.25, -0.2) is 0 Å². The van der Waals surface area contributed by atoms with Gasteiger partial charge in [0.05, 0.1) is 5.56 Å². The highest BCUT2D eigenvalue weighted by atomic mass is 32.1. The Balaban J connectivity index is 2.22. The fourth-order valence-corrected chi connectivity index (χ4v) is 4.57. The van der Waals surface area contributed by atoms with Crippen molar-refractivity contribution >= 4 is 28.2 Å². The maximum atomic E-state index is 12.5. The first kappa shape index (κ1) is 18.0. The molecule has 5 heteroatoms. The maximum Gasteiger partial charge on any atom is 0.251 e. The normalized spacial score (nSPS) is 15.6. The highest BCUT2D eigenvalue weighted by Gasteiger charge is 2.25. The molecule has 0 aliphatic heterocycles. The first-order valence-electron chi connectivity index (χ1n) is 8.83. The van der Waals surface area contributed by atoms with Crippen LogP contribution in [0.4, 0.5) is 5.00 Å². The number of fused-ring (bicyclic) bond motifs is 1. The van der Waals surface area contributed by atoms with Gasteiger partial charge >= 0.3 is 0 Å². The number of unbranched alkanes of at least 4 members (excludes halogenated alkanes) is 1. The average molecular weight is 337 g/mol. The summed E-state index contributed by atoms with van der Waals surface area (Å²) in [7, 11) is 0. The molecular weight excluding hydrogens is 308 g/mol. The van der Waals surface area contributed by atoms with Crippen molar-refractivity contribution < 1.29 is 9.59 Å². The van der Waals surface area contributed by atoms with Crippen molar-refractivity contribution in [2.75, 3.05) is 5.32 Å². The molecule has 0 saturated carbocycles. The van der Waals surface area contributed by atoms with E-state index < -0.39 is 5.91 Å². The highest BCUT2D eigenvalue weighted by molar-refractivity contribution is 7.17. The van der Waals surface area contributed by atoms with E-state index in [2.05, 4.69) is 12.2 Å². The molecule has 0 fully saturated rings. The summed E-state index contributed by atoms with van der Waals surface area (Å²) in [6, 6.07) is 0. The minimum absolute atomic E-state index is 0.0117. The van der Waals surface area contributed by atoms with Crippen LogP contribution in [-0.2, 0) is 17.6 Å². The van der Waals surface area contributed by atoms with Crippen molar-refractivity contribution in [1.29, 1.82) is 0 Å². The zero-order valence-electron chi connectivity index (χ0n) is 14.2. The molecule has 128 valence electrons. The number of anilines is 1. The molecule has 3 N–H and O–H groups in total. The van der Waals surface area contributed by atoms with Crippen molar-refractivity contribution in [2.45, 2.75) is 71.6 Å². The SMILES string of the molecule is CCCCC(CC)C(=O)Nc1sc2c(c1C(N)=O)CCCCC2. The Labute approximate surface area is 142 Å². The number of carbonyl (C=O) groups excluding carboxylic acids is 2. The molecule has 1 aromatic rings. The summed E-state index contributed by atoms with van der Waals surface area (Å²) < 4.78 is 0. The second-order valence-corrected chi connectivity index (χ2v) is 7.47. The first-order valence-corrected chi connectivity index (χ1v) is 9.65. The zero-order chi connectivity index (χ0) is 16.8. The zero-order valence-corrected chi connectivity index (χ0v) is 15.1. The lowest BCUT2D eigenvalue weighted by Gasteiger charge is -2.14. The lowest BCUT2D eigenvalue weighted by molar-refractivity contribution is -0.120. The summed E-state index contributed by atoms with van der Waals surface area (Å²) in [6.07, 6.45) is 9.17. The number of rotatable bonds is 7. The minimum atomic E-state index is -0.415. The minimum Gasteiger partial charge on any atom is -0.365 e. The molecule has 0 saturated heterocycles. The Morgan fingerprint density at radius 3 is 2.61 bits per heavy atom. The summed E-state index contributed by atoms with van der Waals surface area (Å²) in [6.45, 7) is 4.17. The molecule has 2 rings (SSSR count). The van der Waals surface area contributed by atoms with Gasteiger partial charge in [0.2, 0.25) is 5.91 Å². The monoisotopic (exact) mass is 336 g/mol. The summed E-state index contributed by atoms with van der Waals surface area (Å²) in [5, 5.41) is 3.68. The van der Waals surface area contributed by atoms with E-state index in [1.807, 2.05) is 6.92 Å². The Bertz CT molecular complexity index is 566. The Hall–Kier alpha value is -1.36. The molecule has 2 amide bonds. The number of aryl methyl sites for hydroxylation is 1. The molecule has 4 nitrogen and oxygen atoms in total. The van der Waals surface area contributed by atoms with Gasteiger partial charge in [0.15, 0.2) is 0 Å². The van der Waals surface area contributed by atoms with Gasteiger partial charge in [-0.1, -0.05) is 33.1 Å². The lowest BCUT2D eigenvalue weighted by Crippen LogP contribution is -2.24. The van der Waals surface area contributed by atoms with Gasteiger partial charge in [-0.3, -0.25) is 9.59 Å². The smallest absolute Gasteiger partial charge is 0.251 e. The van der Waals surface area contributed by atoms with Crippen molar-refractivity contribution in [3.05, 3.63) is 16.0 Å². The molecule has 0 radical (unpaired) electrons. The van der Waals surface area contributed by atoms with Crippen molar-refractivity contribution in [2.24, 2.45) is 11.7 Å². The van der Waals surface area contributed by atoms with E-state index in [0.29, 0.717) is 10.6 Å². The number of nitrogens with one attached hydrogen (secondary N) is 1. The highest BCUT2D eigenvalue weighted by Crippen LogP contribution is 2.37. The van der Waals surface area contributed by atoms with Crippen LogP contribution in [0.3, 0.4) is 0 Å². The van der Waals surface area contributed by atoms with Crippen LogP contribution in [0.1, 0.15) is 79.6 Å². The van der Waals surface area contributed by atoms with Crippen LogP contribution in [-0.4, -0.2) is 11.8 Å². The lowest BCUT2D eigenvalue weighted by atomic mass is 9.98. The molecule has 0 spiro atoms. The van der Waals surface area contributed by atoms with E-state index in [1.54, 1.807) is 11.3 Å².